The summed E-state index contributed by atoms with van der Waals surface area (Å²) in [6, 6.07) is 0.510. The number of nitrogens with zero attached hydrogens (tertiary/aromatic N) is 3. The molecule has 0 radical (unpaired) electrons. The summed E-state index contributed by atoms with van der Waals surface area (Å²) in [6.45, 7) is 9.43. The van der Waals surface area contributed by atoms with E-state index in [0.29, 0.717) is 19.1 Å². The quantitative estimate of drug-likeness (QED) is 0.798. The SMILES string of the molecule is Cc1c(C(C)NCCN(C)CC(F)F)cnn1C(C)C. The molecular formula is C14H26F2N4. The molecule has 0 aliphatic carbocycles. The van der Waals surface area contributed by atoms with Crippen LogP contribution in [0.5, 0.6) is 0 Å². The van der Waals surface area contributed by atoms with Gasteiger partial charge < -0.3 is 5.32 Å². The average Bonchev–Trinajstić information content (AvgIpc) is 2.69. The van der Waals surface area contributed by atoms with E-state index in [0.717, 1.165) is 11.3 Å². The lowest BCUT2D eigenvalue weighted by Gasteiger charge is -2.19. The summed E-state index contributed by atoms with van der Waals surface area (Å²) in [5.74, 6) is 0. The summed E-state index contributed by atoms with van der Waals surface area (Å²) in [7, 11) is 1.71. The lowest BCUT2D eigenvalue weighted by molar-refractivity contribution is 0.100. The first-order chi connectivity index (χ1) is 9.32. The number of hydrogen-bond donors (Lipinski definition) is 1. The second-order valence-corrected chi connectivity index (χ2v) is 5.55. The molecule has 0 bridgehead atoms. The third-order valence-electron chi connectivity index (χ3n) is 3.43. The molecule has 0 amide bonds. The molecule has 0 saturated heterocycles. The molecule has 6 heteroatoms. The molecule has 1 unspecified atom stereocenters. The highest BCUT2D eigenvalue weighted by Crippen LogP contribution is 2.19. The van der Waals surface area contributed by atoms with Crippen LogP contribution < -0.4 is 5.32 Å². The summed E-state index contributed by atoms with van der Waals surface area (Å²) in [4.78, 5) is 1.63. The van der Waals surface area contributed by atoms with Crippen LogP contribution in [-0.4, -0.2) is 47.8 Å². The van der Waals surface area contributed by atoms with E-state index in [1.807, 2.05) is 10.9 Å². The van der Waals surface area contributed by atoms with Crippen molar-refractivity contribution in [3.63, 3.8) is 0 Å². The standard InChI is InChI=1S/C14H26F2N4/c1-10(2)20-12(4)13(8-18-20)11(3)17-6-7-19(5)9-14(15)16/h8,10-11,14,17H,6-7,9H2,1-5H3. The first kappa shape index (κ1) is 17.0. The monoisotopic (exact) mass is 288 g/mol. The first-order valence-electron chi connectivity index (χ1n) is 7.07. The number of aromatic nitrogens is 2. The predicted molar refractivity (Wildman–Crippen MR) is 77.3 cm³/mol. The van der Waals surface area contributed by atoms with E-state index in [9.17, 15) is 8.78 Å². The minimum absolute atomic E-state index is 0.169. The number of hydrogen-bond acceptors (Lipinski definition) is 3. The Hall–Kier alpha value is -1.01. The molecule has 20 heavy (non-hydrogen) atoms. The molecule has 1 aromatic heterocycles. The summed E-state index contributed by atoms with van der Waals surface area (Å²) < 4.78 is 26.4. The highest BCUT2D eigenvalue weighted by Gasteiger charge is 2.14. The van der Waals surface area contributed by atoms with Gasteiger partial charge in [0.2, 0.25) is 0 Å². The third-order valence-corrected chi connectivity index (χ3v) is 3.43. The van der Waals surface area contributed by atoms with E-state index in [2.05, 4.69) is 38.1 Å². The Kier molecular flexibility index (Phi) is 6.55. The Labute approximate surface area is 120 Å². The maximum Gasteiger partial charge on any atom is 0.251 e. The fourth-order valence-corrected chi connectivity index (χ4v) is 2.29. The van der Waals surface area contributed by atoms with Crippen LogP contribution in [0.3, 0.4) is 0 Å². The number of halogens is 2. The molecule has 116 valence electrons. The van der Waals surface area contributed by atoms with Crippen LogP contribution in [0.25, 0.3) is 0 Å². The summed E-state index contributed by atoms with van der Waals surface area (Å²) in [6.07, 6.45) is -0.389. The maximum atomic E-state index is 12.2. The Morgan fingerprint density at radius 1 is 1.35 bits per heavy atom. The molecule has 1 rings (SSSR count). The van der Waals surface area contributed by atoms with E-state index in [4.69, 9.17) is 0 Å². The van der Waals surface area contributed by atoms with Crippen molar-refractivity contribution in [2.75, 3.05) is 26.7 Å². The highest BCUT2D eigenvalue weighted by molar-refractivity contribution is 5.20. The van der Waals surface area contributed by atoms with Crippen molar-refractivity contribution in [2.45, 2.75) is 46.2 Å². The van der Waals surface area contributed by atoms with Gasteiger partial charge in [-0.15, -0.1) is 0 Å². The normalized spacial score (nSPS) is 13.7. The molecular weight excluding hydrogens is 262 g/mol. The van der Waals surface area contributed by atoms with Crippen molar-refractivity contribution in [3.8, 4) is 0 Å². The van der Waals surface area contributed by atoms with Gasteiger partial charge in [0.05, 0.1) is 12.7 Å². The zero-order valence-electron chi connectivity index (χ0n) is 13.0. The van der Waals surface area contributed by atoms with Gasteiger partial charge in [-0.1, -0.05) is 0 Å². The Morgan fingerprint density at radius 2 is 2.00 bits per heavy atom. The molecule has 4 nitrogen and oxygen atoms in total. The van der Waals surface area contributed by atoms with Gasteiger partial charge in [-0.3, -0.25) is 9.58 Å². The van der Waals surface area contributed by atoms with Gasteiger partial charge in [0, 0.05) is 36.4 Å². The van der Waals surface area contributed by atoms with Crippen molar-refractivity contribution >= 4 is 0 Å². The number of likely N-dealkylation sites (N-methyl/N-ethyl adjacent to an activating group) is 1. The van der Waals surface area contributed by atoms with Gasteiger partial charge in [0.15, 0.2) is 0 Å². The summed E-state index contributed by atoms with van der Waals surface area (Å²) in [5.41, 5.74) is 2.32. The molecule has 0 spiro atoms. The van der Waals surface area contributed by atoms with Crippen LogP contribution in [0.1, 0.15) is 44.1 Å². The van der Waals surface area contributed by atoms with Gasteiger partial charge in [-0.05, 0) is 34.7 Å². The van der Waals surface area contributed by atoms with Crippen molar-refractivity contribution < 1.29 is 8.78 Å². The van der Waals surface area contributed by atoms with E-state index in [1.165, 1.54) is 0 Å². The van der Waals surface area contributed by atoms with Crippen molar-refractivity contribution in [3.05, 3.63) is 17.5 Å². The second-order valence-electron chi connectivity index (χ2n) is 5.55. The third kappa shape index (κ3) is 4.83. The number of nitrogens with one attached hydrogen (secondary N) is 1. The van der Waals surface area contributed by atoms with Crippen LogP contribution >= 0.6 is 0 Å². The molecule has 0 fully saturated rings. The lowest BCUT2D eigenvalue weighted by Crippen LogP contribution is -2.33. The summed E-state index contributed by atoms with van der Waals surface area (Å²) >= 11 is 0. The molecule has 1 aromatic rings. The van der Waals surface area contributed by atoms with Crippen molar-refractivity contribution in [2.24, 2.45) is 0 Å². The van der Waals surface area contributed by atoms with Gasteiger partial charge in [0.1, 0.15) is 0 Å². The van der Waals surface area contributed by atoms with Crippen molar-refractivity contribution in [1.82, 2.24) is 20.0 Å². The van der Waals surface area contributed by atoms with Crippen LogP contribution in [0.4, 0.5) is 8.78 Å². The van der Waals surface area contributed by atoms with Gasteiger partial charge in [0.25, 0.3) is 6.43 Å². The van der Waals surface area contributed by atoms with E-state index >= 15 is 0 Å². The Bertz CT molecular complexity index is 404. The average molecular weight is 288 g/mol. The van der Waals surface area contributed by atoms with Crippen molar-refractivity contribution in [1.29, 1.82) is 0 Å². The van der Waals surface area contributed by atoms with E-state index in [1.54, 1.807) is 11.9 Å². The Morgan fingerprint density at radius 3 is 2.50 bits per heavy atom. The molecule has 0 aliphatic rings. The predicted octanol–water partition coefficient (Wildman–Crippen LogP) is 2.62. The minimum atomic E-state index is -2.27. The number of rotatable bonds is 8. The molecule has 0 saturated carbocycles. The fraction of sp³-hybridized carbons (Fsp3) is 0.786. The van der Waals surface area contributed by atoms with Crippen LogP contribution in [-0.2, 0) is 0 Å². The second kappa shape index (κ2) is 7.69. The molecule has 1 N–H and O–H groups in total. The molecule has 1 atom stereocenters. The van der Waals surface area contributed by atoms with Crippen LogP contribution in [0, 0.1) is 6.92 Å². The maximum absolute atomic E-state index is 12.2. The zero-order valence-corrected chi connectivity index (χ0v) is 13.0. The van der Waals surface area contributed by atoms with Crippen LogP contribution in [0.2, 0.25) is 0 Å². The topological polar surface area (TPSA) is 33.1 Å². The number of alkyl halides is 2. The zero-order chi connectivity index (χ0) is 15.3. The van der Waals surface area contributed by atoms with Gasteiger partial charge in [-0.25, -0.2) is 8.78 Å². The lowest BCUT2D eigenvalue weighted by atomic mass is 10.1. The largest absolute Gasteiger partial charge is 0.309 e. The van der Waals surface area contributed by atoms with Crippen LogP contribution in [0.15, 0.2) is 6.20 Å². The Balaban J connectivity index is 2.45. The molecule has 0 aliphatic heterocycles. The smallest absolute Gasteiger partial charge is 0.251 e. The van der Waals surface area contributed by atoms with Gasteiger partial charge >= 0.3 is 0 Å². The van der Waals surface area contributed by atoms with Gasteiger partial charge in [-0.2, -0.15) is 5.10 Å². The molecule has 1 heterocycles. The van der Waals surface area contributed by atoms with E-state index < -0.39 is 6.43 Å². The fourth-order valence-electron chi connectivity index (χ4n) is 2.29. The first-order valence-corrected chi connectivity index (χ1v) is 7.07. The molecule has 0 aromatic carbocycles. The van der Waals surface area contributed by atoms with E-state index in [-0.39, 0.29) is 12.6 Å². The summed E-state index contributed by atoms with van der Waals surface area (Å²) in [5, 5.41) is 7.74. The highest BCUT2D eigenvalue weighted by atomic mass is 19.3. The minimum Gasteiger partial charge on any atom is -0.309 e.